The lowest BCUT2D eigenvalue weighted by Gasteiger charge is -2.57. The van der Waals surface area contributed by atoms with Crippen LogP contribution in [-0.4, -0.2) is 23.4 Å². The van der Waals surface area contributed by atoms with E-state index in [9.17, 15) is 4.79 Å². The molecule has 0 unspecified atom stereocenters. The van der Waals surface area contributed by atoms with Crippen molar-refractivity contribution < 1.29 is 4.79 Å². The Morgan fingerprint density at radius 3 is 2.21 bits per heavy atom. The fourth-order valence-corrected chi connectivity index (χ4v) is 5.22. The molecule has 0 heterocycles. The largest absolute Gasteiger partial charge is 0.338 e. The van der Waals surface area contributed by atoms with Gasteiger partial charge in [-0.3, -0.25) is 4.79 Å². The molecule has 0 N–H and O–H groups in total. The van der Waals surface area contributed by atoms with Crippen molar-refractivity contribution in [3.63, 3.8) is 0 Å². The average molecular weight is 260 g/mol. The molecular formula is C16H24N2O. The van der Waals surface area contributed by atoms with Gasteiger partial charge in [0.2, 0.25) is 5.91 Å². The lowest BCUT2D eigenvalue weighted by Crippen LogP contribution is -2.57. The van der Waals surface area contributed by atoms with Crippen LogP contribution in [0.4, 0.5) is 0 Å². The van der Waals surface area contributed by atoms with Gasteiger partial charge in [0.05, 0.1) is 12.5 Å². The Morgan fingerprint density at radius 1 is 1.16 bits per heavy atom. The smallest absolute Gasteiger partial charge is 0.222 e. The molecule has 0 aliphatic heterocycles. The van der Waals surface area contributed by atoms with Gasteiger partial charge in [0.25, 0.3) is 0 Å². The zero-order valence-electron chi connectivity index (χ0n) is 11.8. The minimum atomic E-state index is 0.257. The van der Waals surface area contributed by atoms with E-state index >= 15 is 0 Å². The topological polar surface area (TPSA) is 44.1 Å². The van der Waals surface area contributed by atoms with Crippen LogP contribution in [0.3, 0.4) is 0 Å². The minimum Gasteiger partial charge on any atom is -0.338 e. The van der Waals surface area contributed by atoms with Gasteiger partial charge in [-0.25, -0.2) is 0 Å². The fourth-order valence-electron chi connectivity index (χ4n) is 5.22. The van der Waals surface area contributed by atoms with E-state index in [0.717, 1.165) is 23.7 Å². The summed E-state index contributed by atoms with van der Waals surface area (Å²) in [5.41, 5.74) is 0. The van der Waals surface area contributed by atoms with Crippen molar-refractivity contribution in [1.29, 1.82) is 5.26 Å². The van der Waals surface area contributed by atoms with Crippen LogP contribution in [-0.2, 0) is 4.79 Å². The predicted octanol–water partition coefficient (Wildman–Crippen LogP) is 2.96. The summed E-state index contributed by atoms with van der Waals surface area (Å²) in [5, 5.41) is 8.83. The maximum absolute atomic E-state index is 12.3. The third-order valence-electron chi connectivity index (χ3n) is 5.62. The van der Waals surface area contributed by atoms with Gasteiger partial charge in [-0.1, -0.05) is 6.92 Å². The summed E-state index contributed by atoms with van der Waals surface area (Å²) in [6, 6.07) is 2.66. The predicted molar refractivity (Wildman–Crippen MR) is 73.1 cm³/mol. The SMILES string of the molecule is CCC(=O)N(CCC#N)C1C2CC3CC(C2)CC1C3. The van der Waals surface area contributed by atoms with Crippen molar-refractivity contribution in [2.75, 3.05) is 6.54 Å². The van der Waals surface area contributed by atoms with Crippen molar-refractivity contribution in [3.8, 4) is 6.07 Å². The van der Waals surface area contributed by atoms with E-state index in [0.29, 0.717) is 25.4 Å². The van der Waals surface area contributed by atoms with E-state index in [1.807, 2.05) is 6.92 Å². The van der Waals surface area contributed by atoms with E-state index in [2.05, 4.69) is 11.0 Å². The summed E-state index contributed by atoms with van der Waals surface area (Å²) in [6.07, 6.45) is 7.83. The highest BCUT2D eigenvalue weighted by atomic mass is 16.2. The zero-order valence-corrected chi connectivity index (χ0v) is 11.8. The van der Waals surface area contributed by atoms with E-state index in [1.54, 1.807) is 0 Å². The zero-order chi connectivity index (χ0) is 13.4. The molecule has 1 amide bonds. The summed E-state index contributed by atoms with van der Waals surface area (Å²) in [4.78, 5) is 14.3. The van der Waals surface area contributed by atoms with Crippen LogP contribution in [0.2, 0.25) is 0 Å². The van der Waals surface area contributed by atoms with Crippen molar-refractivity contribution >= 4 is 5.91 Å². The first-order valence-corrected chi connectivity index (χ1v) is 7.89. The molecular weight excluding hydrogens is 236 g/mol. The summed E-state index contributed by atoms with van der Waals surface area (Å²) in [6.45, 7) is 2.59. The number of nitrogens with zero attached hydrogens (tertiary/aromatic N) is 2. The molecule has 104 valence electrons. The molecule has 0 aromatic carbocycles. The first-order valence-electron chi connectivity index (χ1n) is 7.89. The second-order valence-corrected chi connectivity index (χ2v) is 6.77. The normalized spacial score (nSPS) is 39.1. The van der Waals surface area contributed by atoms with Crippen molar-refractivity contribution in [2.45, 2.75) is 57.9 Å². The Labute approximate surface area is 116 Å². The molecule has 0 aromatic rings. The first kappa shape index (κ1) is 13.0. The van der Waals surface area contributed by atoms with E-state index < -0.39 is 0 Å². The van der Waals surface area contributed by atoms with Crippen molar-refractivity contribution in [2.24, 2.45) is 23.7 Å². The molecule has 0 atom stereocenters. The van der Waals surface area contributed by atoms with E-state index in [-0.39, 0.29) is 5.91 Å². The van der Waals surface area contributed by atoms with Gasteiger partial charge in [-0.05, 0) is 55.8 Å². The monoisotopic (exact) mass is 260 g/mol. The number of amides is 1. The Bertz CT molecular complexity index is 370. The van der Waals surface area contributed by atoms with Crippen LogP contribution < -0.4 is 0 Å². The molecule has 4 rings (SSSR count). The van der Waals surface area contributed by atoms with Crippen LogP contribution in [0, 0.1) is 35.0 Å². The molecule has 0 spiro atoms. The van der Waals surface area contributed by atoms with Gasteiger partial charge >= 0.3 is 0 Å². The Hall–Kier alpha value is -1.04. The summed E-state index contributed by atoms with van der Waals surface area (Å²) in [5.74, 6) is 3.59. The van der Waals surface area contributed by atoms with Crippen LogP contribution in [0.15, 0.2) is 0 Å². The number of carbonyl (C=O) groups is 1. The Morgan fingerprint density at radius 2 is 1.74 bits per heavy atom. The van der Waals surface area contributed by atoms with Crippen LogP contribution >= 0.6 is 0 Å². The molecule has 0 saturated heterocycles. The van der Waals surface area contributed by atoms with Crippen molar-refractivity contribution in [3.05, 3.63) is 0 Å². The molecule has 4 fully saturated rings. The maximum atomic E-state index is 12.3. The molecule has 4 aliphatic rings. The van der Waals surface area contributed by atoms with Crippen molar-refractivity contribution in [1.82, 2.24) is 4.90 Å². The van der Waals surface area contributed by atoms with Gasteiger partial charge in [0.15, 0.2) is 0 Å². The summed E-state index contributed by atoms with van der Waals surface area (Å²) >= 11 is 0. The van der Waals surface area contributed by atoms with Gasteiger partial charge in [-0.2, -0.15) is 5.26 Å². The molecule has 0 aromatic heterocycles. The van der Waals surface area contributed by atoms with Crippen LogP contribution in [0.1, 0.15) is 51.9 Å². The van der Waals surface area contributed by atoms with E-state index in [1.165, 1.54) is 32.1 Å². The molecule has 4 saturated carbocycles. The second-order valence-electron chi connectivity index (χ2n) is 6.77. The molecule has 4 aliphatic carbocycles. The first-order chi connectivity index (χ1) is 9.22. The lowest BCUT2D eigenvalue weighted by atomic mass is 9.54. The molecule has 3 heteroatoms. The third-order valence-corrected chi connectivity index (χ3v) is 5.62. The maximum Gasteiger partial charge on any atom is 0.222 e. The quantitative estimate of drug-likeness (QED) is 0.780. The number of carbonyl (C=O) groups excluding carboxylic acids is 1. The number of hydrogen-bond donors (Lipinski definition) is 0. The Kier molecular flexibility index (Phi) is 3.52. The van der Waals surface area contributed by atoms with E-state index in [4.69, 9.17) is 5.26 Å². The molecule has 19 heavy (non-hydrogen) atoms. The summed E-state index contributed by atoms with van der Waals surface area (Å²) < 4.78 is 0. The van der Waals surface area contributed by atoms with Gasteiger partial charge in [0, 0.05) is 19.0 Å². The highest BCUT2D eigenvalue weighted by molar-refractivity contribution is 5.76. The third kappa shape index (κ3) is 2.26. The second kappa shape index (κ2) is 5.15. The van der Waals surface area contributed by atoms with Gasteiger partial charge in [0.1, 0.15) is 0 Å². The summed E-state index contributed by atoms with van der Waals surface area (Å²) in [7, 11) is 0. The highest BCUT2D eigenvalue weighted by Gasteiger charge is 2.50. The molecule has 0 radical (unpaired) electrons. The minimum absolute atomic E-state index is 0.257. The number of nitriles is 1. The fraction of sp³-hybridized carbons (Fsp3) is 0.875. The molecule has 3 nitrogen and oxygen atoms in total. The number of hydrogen-bond acceptors (Lipinski definition) is 2. The average Bonchev–Trinajstić information content (AvgIpc) is 2.40. The van der Waals surface area contributed by atoms with Crippen LogP contribution in [0.5, 0.6) is 0 Å². The Balaban J connectivity index is 1.78. The lowest BCUT2D eigenvalue weighted by molar-refractivity contribution is -0.143. The van der Waals surface area contributed by atoms with Crippen LogP contribution in [0.25, 0.3) is 0 Å². The number of rotatable bonds is 4. The highest BCUT2D eigenvalue weighted by Crippen LogP contribution is 2.55. The molecule has 4 bridgehead atoms. The standard InChI is InChI=1S/C16H24N2O/c1-2-15(19)18(5-3-4-17)16-13-7-11-6-12(9-13)10-14(16)8-11/h11-14,16H,2-3,5-10H2,1H3. The van der Waals surface area contributed by atoms with Gasteiger partial charge < -0.3 is 4.90 Å². The van der Waals surface area contributed by atoms with Gasteiger partial charge in [-0.15, -0.1) is 0 Å².